The largest absolute Gasteiger partial charge is 0.354 e. The zero-order chi connectivity index (χ0) is 26.4. The van der Waals surface area contributed by atoms with Crippen LogP contribution in [0.2, 0.25) is 5.02 Å². The number of benzene rings is 2. The molecule has 0 aliphatic carbocycles. The quantitative estimate of drug-likeness (QED) is 0.503. The molecular weight excluding hydrogens is 486 g/mol. The van der Waals surface area contributed by atoms with Crippen LogP contribution in [0.15, 0.2) is 48.5 Å². The number of nitrogens with zero attached hydrogens (tertiary/aromatic N) is 2. The molecule has 1 atom stereocenters. The minimum Gasteiger partial charge on any atom is -0.354 e. The van der Waals surface area contributed by atoms with Crippen LogP contribution in [0.1, 0.15) is 52.2 Å². The fraction of sp³-hybridized carbons (Fsp3) is 0.462. The van der Waals surface area contributed by atoms with E-state index in [-0.39, 0.29) is 17.9 Å². The highest BCUT2D eigenvalue weighted by Gasteiger charge is 2.30. The Kier molecular flexibility index (Phi) is 9.75. The van der Waals surface area contributed by atoms with Crippen LogP contribution in [0, 0.1) is 0 Å². The van der Waals surface area contributed by atoms with E-state index in [2.05, 4.69) is 26.1 Å². The Morgan fingerprint density at radius 3 is 2.09 bits per heavy atom. The van der Waals surface area contributed by atoms with Gasteiger partial charge in [-0.25, -0.2) is 8.42 Å². The van der Waals surface area contributed by atoms with Crippen molar-refractivity contribution < 1.29 is 18.0 Å². The summed E-state index contributed by atoms with van der Waals surface area (Å²) in [6, 6.07) is 13.3. The number of nitrogens with one attached hydrogen (secondary N) is 1. The first-order valence-corrected chi connectivity index (χ1v) is 13.9. The van der Waals surface area contributed by atoms with Crippen molar-refractivity contribution in [3.8, 4) is 0 Å². The van der Waals surface area contributed by atoms with E-state index in [1.54, 1.807) is 43.3 Å². The lowest BCUT2D eigenvalue weighted by Crippen LogP contribution is -2.51. The van der Waals surface area contributed by atoms with Crippen molar-refractivity contribution in [2.24, 2.45) is 0 Å². The molecule has 0 heterocycles. The average molecular weight is 522 g/mol. The molecule has 0 aromatic heterocycles. The molecule has 1 N–H and O–H groups in total. The standard InChI is InChI=1S/C26H36ClN3O4S/c1-7-16-28-25(32)19(2)29(17-20-8-12-22(27)13-9-20)24(31)18-30(35(6,33)34)23-14-10-21(11-15-23)26(3,4)5/h8-15,19H,7,16-18H2,1-6H3,(H,28,32)/t19-/m1/s1. The summed E-state index contributed by atoms with van der Waals surface area (Å²) in [4.78, 5) is 27.6. The maximum absolute atomic E-state index is 13.5. The highest BCUT2D eigenvalue weighted by Crippen LogP contribution is 2.26. The van der Waals surface area contributed by atoms with Crippen molar-refractivity contribution in [1.29, 1.82) is 0 Å². The molecule has 0 unspecified atom stereocenters. The molecule has 2 amide bonds. The van der Waals surface area contributed by atoms with Crippen molar-refractivity contribution >= 4 is 39.1 Å². The number of hydrogen-bond donors (Lipinski definition) is 1. The summed E-state index contributed by atoms with van der Waals surface area (Å²) >= 11 is 5.99. The predicted molar refractivity (Wildman–Crippen MR) is 142 cm³/mol. The molecule has 7 nitrogen and oxygen atoms in total. The van der Waals surface area contributed by atoms with E-state index >= 15 is 0 Å². The predicted octanol–water partition coefficient (Wildman–Crippen LogP) is 4.35. The summed E-state index contributed by atoms with van der Waals surface area (Å²) in [5, 5.41) is 3.37. The monoisotopic (exact) mass is 521 g/mol. The molecule has 35 heavy (non-hydrogen) atoms. The number of hydrogen-bond acceptors (Lipinski definition) is 4. The fourth-order valence-corrected chi connectivity index (χ4v) is 4.48. The molecule has 0 fully saturated rings. The zero-order valence-electron chi connectivity index (χ0n) is 21.3. The Bertz CT molecular complexity index is 1110. The van der Waals surface area contributed by atoms with E-state index in [9.17, 15) is 18.0 Å². The van der Waals surface area contributed by atoms with E-state index in [1.807, 2.05) is 19.1 Å². The van der Waals surface area contributed by atoms with Crippen LogP contribution in [0.5, 0.6) is 0 Å². The molecule has 192 valence electrons. The van der Waals surface area contributed by atoms with Gasteiger partial charge in [-0.1, -0.05) is 63.6 Å². The number of sulfonamides is 1. The minimum absolute atomic E-state index is 0.0963. The van der Waals surface area contributed by atoms with Gasteiger partial charge in [0.2, 0.25) is 21.8 Å². The van der Waals surface area contributed by atoms with Crippen LogP contribution in [0.3, 0.4) is 0 Å². The molecule has 2 aromatic carbocycles. The Morgan fingerprint density at radius 1 is 1.03 bits per heavy atom. The first kappa shape index (κ1) is 28.7. The molecular formula is C26H36ClN3O4S. The molecule has 2 aromatic rings. The average Bonchev–Trinajstić information content (AvgIpc) is 2.78. The summed E-state index contributed by atoms with van der Waals surface area (Å²) < 4.78 is 26.4. The lowest BCUT2D eigenvalue weighted by atomic mass is 9.87. The van der Waals surface area contributed by atoms with Crippen LogP contribution < -0.4 is 9.62 Å². The van der Waals surface area contributed by atoms with Gasteiger partial charge in [0.15, 0.2) is 0 Å². The van der Waals surface area contributed by atoms with Crippen LogP contribution in [-0.2, 0) is 31.6 Å². The van der Waals surface area contributed by atoms with Crippen molar-refractivity contribution in [2.45, 2.75) is 59.0 Å². The molecule has 0 saturated carbocycles. The molecule has 0 spiro atoms. The molecule has 0 saturated heterocycles. The van der Waals surface area contributed by atoms with Crippen molar-refractivity contribution in [2.75, 3.05) is 23.7 Å². The van der Waals surface area contributed by atoms with E-state index in [0.29, 0.717) is 17.3 Å². The van der Waals surface area contributed by atoms with Gasteiger partial charge in [0.05, 0.1) is 11.9 Å². The molecule has 0 aliphatic rings. The molecule has 9 heteroatoms. The number of amides is 2. The number of rotatable bonds is 10. The summed E-state index contributed by atoms with van der Waals surface area (Å²) in [6.45, 7) is 9.99. The van der Waals surface area contributed by atoms with Crippen LogP contribution in [0.25, 0.3) is 0 Å². The van der Waals surface area contributed by atoms with Gasteiger partial charge in [0, 0.05) is 18.1 Å². The van der Waals surface area contributed by atoms with Gasteiger partial charge < -0.3 is 10.2 Å². The summed E-state index contributed by atoms with van der Waals surface area (Å²) in [6.07, 6.45) is 1.83. The van der Waals surface area contributed by atoms with Gasteiger partial charge in [-0.15, -0.1) is 0 Å². The summed E-state index contributed by atoms with van der Waals surface area (Å²) in [7, 11) is -3.77. The maximum atomic E-state index is 13.5. The molecule has 0 aliphatic heterocycles. The second-order valence-corrected chi connectivity index (χ2v) is 12.0. The maximum Gasteiger partial charge on any atom is 0.244 e. The smallest absolute Gasteiger partial charge is 0.244 e. The molecule has 2 rings (SSSR count). The normalized spacial score (nSPS) is 12.7. The van der Waals surface area contributed by atoms with Gasteiger partial charge in [0.25, 0.3) is 0 Å². The third kappa shape index (κ3) is 8.25. The highest BCUT2D eigenvalue weighted by atomic mass is 35.5. The zero-order valence-corrected chi connectivity index (χ0v) is 22.9. The van der Waals surface area contributed by atoms with Gasteiger partial charge in [-0.2, -0.15) is 0 Å². The number of carbonyl (C=O) groups excluding carboxylic acids is 2. The second kappa shape index (κ2) is 11.9. The van der Waals surface area contributed by atoms with Crippen LogP contribution in [-0.4, -0.2) is 50.5 Å². The van der Waals surface area contributed by atoms with Gasteiger partial charge >= 0.3 is 0 Å². The van der Waals surface area contributed by atoms with Crippen LogP contribution in [0.4, 0.5) is 5.69 Å². The number of carbonyl (C=O) groups is 2. The summed E-state index contributed by atoms with van der Waals surface area (Å²) in [5.74, 6) is -0.779. The number of halogens is 1. The highest BCUT2D eigenvalue weighted by molar-refractivity contribution is 7.92. The van der Waals surface area contributed by atoms with E-state index < -0.39 is 28.5 Å². The van der Waals surface area contributed by atoms with Gasteiger partial charge in [-0.05, 0) is 54.2 Å². The van der Waals surface area contributed by atoms with Gasteiger partial charge in [-0.3, -0.25) is 13.9 Å². The third-order valence-electron chi connectivity index (χ3n) is 5.68. The Balaban J connectivity index is 2.37. The lowest BCUT2D eigenvalue weighted by Gasteiger charge is -2.31. The van der Waals surface area contributed by atoms with Crippen molar-refractivity contribution in [3.05, 3.63) is 64.7 Å². The topological polar surface area (TPSA) is 86.8 Å². The lowest BCUT2D eigenvalue weighted by molar-refractivity contribution is -0.139. The van der Waals surface area contributed by atoms with Crippen molar-refractivity contribution in [3.63, 3.8) is 0 Å². The Morgan fingerprint density at radius 2 is 1.60 bits per heavy atom. The first-order chi connectivity index (χ1) is 16.2. The van der Waals surface area contributed by atoms with E-state index in [1.165, 1.54) is 4.90 Å². The first-order valence-electron chi connectivity index (χ1n) is 11.6. The number of anilines is 1. The second-order valence-electron chi connectivity index (χ2n) is 9.68. The van der Waals surface area contributed by atoms with E-state index in [4.69, 9.17) is 11.6 Å². The van der Waals surface area contributed by atoms with Crippen molar-refractivity contribution in [1.82, 2.24) is 10.2 Å². The van der Waals surface area contributed by atoms with E-state index in [0.717, 1.165) is 28.1 Å². The third-order valence-corrected chi connectivity index (χ3v) is 7.08. The molecule has 0 radical (unpaired) electrons. The Hall–Kier alpha value is -2.58. The minimum atomic E-state index is -3.77. The summed E-state index contributed by atoms with van der Waals surface area (Å²) in [5.41, 5.74) is 2.12. The SMILES string of the molecule is CCCNC(=O)[C@@H](C)N(Cc1ccc(Cl)cc1)C(=O)CN(c1ccc(C(C)(C)C)cc1)S(C)(=O)=O. The Labute approximate surface area is 214 Å². The molecule has 0 bridgehead atoms. The fourth-order valence-electron chi connectivity index (χ4n) is 3.51. The van der Waals surface area contributed by atoms with Crippen LogP contribution >= 0.6 is 11.6 Å². The van der Waals surface area contributed by atoms with Gasteiger partial charge in [0.1, 0.15) is 12.6 Å².